The van der Waals surface area contributed by atoms with Crippen LogP contribution in [0.3, 0.4) is 0 Å². The lowest BCUT2D eigenvalue weighted by Gasteiger charge is -2.04. The van der Waals surface area contributed by atoms with Crippen LogP contribution in [-0.4, -0.2) is 26.7 Å². The van der Waals surface area contributed by atoms with Crippen LogP contribution in [0.25, 0.3) is 16.9 Å². The smallest absolute Gasteiger partial charge is 0.243 e. The molecule has 6 heteroatoms. The Morgan fingerprint density at radius 2 is 1.92 bits per heavy atom. The molecule has 124 valence electrons. The van der Waals surface area contributed by atoms with E-state index in [4.69, 9.17) is 4.74 Å². The van der Waals surface area contributed by atoms with Crippen LogP contribution >= 0.6 is 11.8 Å². The molecule has 0 aliphatic carbocycles. The quantitative estimate of drug-likeness (QED) is 0.508. The molecular formula is C19H16N4OS. The number of hydrogen-bond donors (Lipinski definition) is 0. The first kappa shape index (κ1) is 15.7. The van der Waals surface area contributed by atoms with E-state index in [0.29, 0.717) is 5.88 Å². The van der Waals surface area contributed by atoms with Crippen molar-refractivity contribution in [3.05, 3.63) is 72.6 Å². The molecule has 0 unspecified atom stereocenters. The van der Waals surface area contributed by atoms with E-state index in [-0.39, 0.29) is 0 Å². The minimum absolute atomic E-state index is 0.644. The Labute approximate surface area is 149 Å². The maximum absolute atomic E-state index is 5.59. The standard InChI is InChI=1S/C19H16N4OS/c1-24-19-18(15-7-3-2-4-8-15)21-16-9-10-17(22-23(16)19)25-13-14-6-5-11-20-12-14/h2-12H,13H2,1H3. The highest BCUT2D eigenvalue weighted by atomic mass is 32.2. The van der Waals surface area contributed by atoms with Crippen LogP contribution in [0.1, 0.15) is 5.56 Å². The van der Waals surface area contributed by atoms with Gasteiger partial charge in [-0.05, 0) is 23.8 Å². The Morgan fingerprint density at radius 3 is 2.68 bits per heavy atom. The topological polar surface area (TPSA) is 52.3 Å². The first-order valence-corrected chi connectivity index (χ1v) is 8.84. The number of benzene rings is 1. The summed E-state index contributed by atoms with van der Waals surface area (Å²) < 4.78 is 7.35. The average molecular weight is 348 g/mol. The molecule has 25 heavy (non-hydrogen) atoms. The first-order valence-electron chi connectivity index (χ1n) is 7.86. The molecule has 0 fully saturated rings. The number of ether oxygens (including phenoxy) is 1. The second kappa shape index (κ2) is 6.94. The third kappa shape index (κ3) is 3.21. The van der Waals surface area contributed by atoms with Crippen molar-refractivity contribution in [1.82, 2.24) is 19.6 Å². The fraction of sp³-hybridized carbons (Fsp3) is 0.105. The summed E-state index contributed by atoms with van der Waals surface area (Å²) in [6, 6.07) is 17.9. The molecule has 4 rings (SSSR count). The Balaban J connectivity index is 1.68. The normalized spacial score (nSPS) is 10.9. The lowest BCUT2D eigenvalue weighted by atomic mass is 10.2. The third-order valence-electron chi connectivity index (χ3n) is 3.76. The van der Waals surface area contributed by atoms with E-state index in [0.717, 1.165) is 33.2 Å². The maximum atomic E-state index is 5.59. The van der Waals surface area contributed by atoms with Gasteiger partial charge in [0, 0.05) is 23.7 Å². The van der Waals surface area contributed by atoms with Crippen molar-refractivity contribution in [2.24, 2.45) is 0 Å². The zero-order valence-corrected chi connectivity index (χ0v) is 14.5. The SMILES string of the molecule is COc1c(-c2ccccc2)nc2ccc(SCc3cccnc3)nn12. The van der Waals surface area contributed by atoms with Gasteiger partial charge in [-0.2, -0.15) is 9.61 Å². The number of nitrogens with zero attached hydrogens (tertiary/aromatic N) is 4. The van der Waals surface area contributed by atoms with Crippen molar-refractivity contribution in [2.75, 3.05) is 7.11 Å². The van der Waals surface area contributed by atoms with Gasteiger partial charge < -0.3 is 4.74 Å². The van der Waals surface area contributed by atoms with E-state index >= 15 is 0 Å². The van der Waals surface area contributed by atoms with E-state index in [1.165, 1.54) is 0 Å². The summed E-state index contributed by atoms with van der Waals surface area (Å²) in [5.74, 6) is 1.46. The Kier molecular flexibility index (Phi) is 4.35. The molecule has 0 spiro atoms. The number of imidazole rings is 1. The number of fused-ring (bicyclic) bond motifs is 1. The summed E-state index contributed by atoms with van der Waals surface area (Å²) in [5.41, 5.74) is 3.73. The van der Waals surface area contributed by atoms with Gasteiger partial charge in [0.2, 0.25) is 5.88 Å². The second-order valence-electron chi connectivity index (χ2n) is 5.43. The van der Waals surface area contributed by atoms with Crippen molar-refractivity contribution in [3.63, 3.8) is 0 Å². The van der Waals surface area contributed by atoms with Gasteiger partial charge >= 0.3 is 0 Å². The summed E-state index contributed by atoms with van der Waals surface area (Å²) >= 11 is 1.66. The van der Waals surface area contributed by atoms with E-state index < -0.39 is 0 Å². The molecule has 0 aliphatic rings. The molecule has 1 aromatic carbocycles. The summed E-state index contributed by atoms with van der Waals surface area (Å²) in [6.07, 6.45) is 3.65. The average Bonchev–Trinajstić information content (AvgIpc) is 3.05. The van der Waals surface area contributed by atoms with Gasteiger partial charge in [0.25, 0.3) is 0 Å². The Bertz CT molecular complexity index is 986. The highest BCUT2D eigenvalue weighted by Gasteiger charge is 2.16. The second-order valence-corrected chi connectivity index (χ2v) is 6.42. The summed E-state index contributed by atoms with van der Waals surface area (Å²) in [5, 5.41) is 5.59. The van der Waals surface area contributed by atoms with Gasteiger partial charge in [-0.3, -0.25) is 4.98 Å². The molecule has 4 aromatic rings. The molecular weight excluding hydrogens is 332 g/mol. The van der Waals surface area contributed by atoms with Gasteiger partial charge in [0.05, 0.1) is 7.11 Å². The molecule has 0 bridgehead atoms. The van der Waals surface area contributed by atoms with Crippen LogP contribution in [0.15, 0.2) is 72.0 Å². The summed E-state index contributed by atoms with van der Waals surface area (Å²) in [4.78, 5) is 8.81. The van der Waals surface area contributed by atoms with Crippen LogP contribution < -0.4 is 4.74 Å². The van der Waals surface area contributed by atoms with Crippen LogP contribution in [0, 0.1) is 0 Å². The van der Waals surface area contributed by atoms with E-state index in [9.17, 15) is 0 Å². The molecule has 0 saturated carbocycles. The van der Waals surface area contributed by atoms with Crippen molar-refractivity contribution in [3.8, 4) is 17.1 Å². The van der Waals surface area contributed by atoms with Crippen molar-refractivity contribution >= 4 is 17.4 Å². The molecule has 0 aliphatic heterocycles. The Morgan fingerprint density at radius 1 is 1.04 bits per heavy atom. The molecule has 0 radical (unpaired) electrons. The number of aromatic nitrogens is 4. The molecule has 0 saturated heterocycles. The molecule has 3 heterocycles. The van der Waals surface area contributed by atoms with Gasteiger partial charge in [0.15, 0.2) is 5.65 Å². The van der Waals surface area contributed by atoms with Gasteiger partial charge in [-0.15, -0.1) is 0 Å². The highest BCUT2D eigenvalue weighted by molar-refractivity contribution is 7.98. The van der Waals surface area contributed by atoms with Gasteiger partial charge in [0.1, 0.15) is 10.7 Å². The predicted octanol–water partition coefficient (Wildman–Crippen LogP) is 4.09. The van der Waals surface area contributed by atoms with E-state index in [1.54, 1.807) is 29.6 Å². The summed E-state index contributed by atoms with van der Waals surface area (Å²) in [6.45, 7) is 0. The minimum Gasteiger partial charge on any atom is -0.479 e. The monoisotopic (exact) mass is 348 g/mol. The highest BCUT2D eigenvalue weighted by Crippen LogP contribution is 2.31. The fourth-order valence-electron chi connectivity index (χ4n) is 2.58. The van der Waals surface area contributed by atoms with Gasteiger partial charge in [-0.1, -0.05) is 48.2 Å². The first-order chi connectivity index (χ1) is 12.3. The number of methoxy groups -OCH3 is 1. The summed E-state index contributed by atoms with van der Waals surface area (Å²) in [7, 11) is 1.65. The molecule has 0 atom stereocenters. The molecule has 3 aromatic heterocycles. The minimum atomic E-state index is 0.644. The van der Waals surface area contributed by atoms with Crippen LogP contribution in [0.5, 0.6) is 5.88 Å². The Hall–Kier alpha value is -2.86. The fourth-order valence-corrected chi connectivity index (χ4v) is 3.37. The lowest BCUT2D eigenvalue weighted by molar-refractivity contribution is 0.387. The largest absolute Gasteiger partial charge is 0.479 e. The van der Waals surface area contributed by atoms with Gasteiger partial charge in [-0.25, -0.2) is 4.98 Å². The third-order valence-corrected chi connectivity index (χ3v) is 4.75. The zero-order chi connectivity index (χ0) is 17.1. The number of hydrogen-bond acceptors (Lipinski definition) is 5. The van der Waals surface area contributed by atoms with Crippen LogP contribution in [0.4, 0.5) is 0 Å². The lowest BCUT2D eigenvalue weighted by Crippen LogP contribution is -1.97. The molecule has 5 nitrogen and oxygen atoms in total. The van der Waals surface area contributed by atoms with E-state index in [2.05, 4.69) is 21.1 Å². The predicted molar refractivity (Wildman–Crippen MR) is 98.8 cm³/mol. The van der Waals surface area contributed by atoms with Crippen molar-refractivity contribution < 1.29 is 4.74 Å². The van der Waals surface area contributed by atoms with Crippen LogP contribution in [-0.2, 0) is 5.75 Å². The zero-order valence-electron chi connectivity index (χ0n) is 13.7. The molecule has 0 amide bonds. The maximum Gasteiger partial charge on any atom is 0.243 e. The molecule has 0 N–H and O–H groups in total. The van der Waals surface area contributed by atoms with Crippen molar-refractivity contribution in [2.45, 2.75) is 10.8 Å². The number of rotatable bonds is 5. The van der Waals surface area contributed by atoms with E-state index in [1.807, 2.05) is 54.7 Å². The number of pyridine rings is 1. The van der Waals surface area contributed by atoms with Crippen molar-refractivity contribution in [1.29, 1.82) is 0 Å². The number of thioether (sulfide) groups is 1. The van der Waals surface area contributed by atoms with Crippen LogP contribution in [0.2, 0.25) is 0 Å².